The zero-order valence-corrected chi connectivity index (χ0v) is 25.8. The van der Waals surface area contributed by atoms with Crippen LogP contribution in [0.1, 0.15) is 72.3 Å². The summed E-state index contributed by atoms with van der Waals surface area (Å²) in [6, 6.07) is 21.3. The largest absolute Gasteiger partial charge is 0.491 e. The summed E-state index contributed by atoms with van der Waals surface area (Å²) in [7, 11) is 0. The summed E-state index contributed by atoms with van der Waals surface area (Å²) in [6.45, 7) is 9.33. The molecule has 3 aromatic rings. The molecule has 0 aromatic heterocycles. The van der Waals surface area contributed by atoms with E-state index >= 15 is 0 Å². The topological polar surface area (TPSA) is 95.6 Å². The molecular formula is C35H42N2O7. The normalized spacial score (nSPS) is 17.0. The zero-order chi connectivity index (χ0) is 30.9. The minimum absolute atomic E-state index is 0.0575. The van der Waals surface area contributed by atoms with Gasteiger partial charge in [-0.1, -0.05) is 43.7 Å². The Bertz CT molecular complexity index is 1420. The number of benzene rings is 3. The van der Waals surface area contributed by atoms with Crippen molar-refractivity contribution in [2.75, 3.05) is 32.8 Å². The highest BCUT2D eigenvalue weighted by Crippen LogP contribution is 2.35. The first-order chi connectivity index (χ1) is 21.3. The number of rotatable bonds is 14. The molecule has 9 nitrogen and oxygen atoms in total. The summed E-state index contributed by atoms with van der Waals surface area (Å²) in [6.07, 6.45) is 2.10. The lowest BCUT2D eigenvalue weighted by Crippen LogP contribution is -2.35. The van der Waals surface area contributed by atoms with E-state index in [1.807, 2.05) is 80.6 Å². The van der Waals surface area contributed by atoms with Crippen LogP contribution >= 0.6 is 0 Å². The molecule has 1 saturated heterocycles. The van der Waals surface area contributed by atoms with Gasteiger partial charge in [0, 0.05) is 38.1 Å². The standard InChI is InChI=1S/C35H42N2O7/c1-4-5-16-36-33(38)28-8-6-7-26(20-28)23-40-18-19-41-30-12-9-25(10-13-30)15-17-37-22-32(43-34(37)39)27-11-14-31-29(21-27)24-42-35(2,3)44-31/h6-14,20-21,32H,4-5,15-19,22-24H2,1-3H3,(H,36,38)/t32-/m0/s1. The van der Waals surface area contributed by atoms with Gasteiger partial charge >= 0.3 is 6.09 Å². The van der Waals surface area contributed by atoms with Crippen LogP contribution in [0.15, 0.2) is 66.7 Å². The van der Waals surface area contributed by atoms with Crippen molar-refractivity contribution in [3.8, 4) is 11.5 Å². The van der Waals surface area contributed by atoms with Crippen molar-refractivity contribution < 1.29 is 33.3 Å². The maximum Gasteiger partial charge on any atom is 0.410 e. The molecule has 1 N–H and O–H groups in total. The van der Waals surface area contributed by atoms with Gasteiger partial charge in [-0.3, -0.25) is 4.79 Å². The molecule has 2 heterocycles. The molecule has 0 bridgehead atoms. The molecule has 3 aromatic carbocycles. The molecule has 0 spiro atoms. The molecule has 1 fully saturated rings. The quantitative estimate of drug-likeness (QED) is 0.220. The van der Waals surface area contributed by atoms with Crippen molar-refractivity contribution >= 4 is 12.0 Å². The number of nitrogens with one attached hydrogen (secondary N) is 1. The van der Waals surface area contributed by atoms with Crippen LogP contribution in [0.25, 0.3) is 0 Å². The number of cyclic esters (lactones) is 1. The van der Waals surface area contributed by atoms with E-state index in [-0.39, 0.29) is 18.1 Å². The Hall–Kier alpha value is -4.08. The first kappa shape index (κ1) is 31.3. The monoisotopic (exact) mass is 602 g/mol. The van der Waals surface area contributed by atoms with Crippen LogP contribution in [-0.2, 0) is 33.8 Å². The van der Waals surface area contributed by atoms with Gasteiger partial charge in [-0.2, -0.15) is 0 Å². The van der Waals surface area contributed by atoms with Crippen LogP contribution in [0.2, 0.25) is 0 Å². The highest BCUT2D eigenvalue weighted by molar-refractivity contribution is 5.94. The van der Waals surface area contributed by atoms with E-state index < -0.39 is 5.79 Å². The van der Waals surface area contributed by atoms with Gasteiger partial charge in [-0.05, 0) is 65.9 Å². The third-order valence-electron chi connectivity index (χ3n) is 7.64. The molecule has 0 unspecified atom stereocenters. The van der Waals surface area contributed by atoms with E-state index in [4.69, 9.17) is 23.7 Å². The van der Waals surface area contributed by atoms with Gasteiger partial charge in [-0.25, -0.2) is 4.79 Å². The van der Waals surface area contributed by atoms with Gasteiger partial charge in [0.15, 0.2) is 0 Å². The average molecular weight is 603 g/mol. The number of unbranched alkanes of at least 4 members (excludes halogenated alkanes) is 1. The van der Waals surface area contributed by atoms with Crippen LogP contribution < -0.4 is 14.8 Å². The summed E-state index contributed by atoms with van der Waals surface area (Å²) in [5.74, 6) is 0.856. The van der Waals surface area contributed by atoms with E-state index in [1.165, 1.54) is 0 Å². The average Bonchev–Trinajstić information content (AvgIpc) is 3.40. The SMILES string of the molecule is CCCCNC(=O)c1cccc(COCCOc2ccc(CCN3C[C@@H](c4ccc5c(c4)COC(C)(C)O5)OC3=O)cc2)c1. The van der Waals surface area contributed by atoms with Crippen LogP contribution in [0.5, 0.6) is 11.5 Å². The van der Waals surface area contributed by atoms with Gasteiger partial charge in [0.25, 0.3) is 5.91 Å². The Labute approximate surface area is 259 Å². The Morgan fingerprint density at radius 1 is 1.05 bits per heavy atom. The summed E-state index contributed by atoms with van der Waals surface area (Å²) in [5.41, 5.74) is 4.59. The molecular weight excluding hydrogens is 560 g/mol. The Morgan fingerprint density at radius 2 is 1.89 bits per heavy atom. The fourth-order valence-corrected chi connectivity index (χ4v) is 5.13. The lowest BCUT2D eigenvalue weighted by atomic mass is 10.0. The van der Waals surface area contributed by atoms with E-state index in [2.05, 4.69) is 12.2 Å². The predicted molar refractivity (Wildman–Crippen MR) is 166 cm³/mol. The van der Waals surface area contributed by atoms with Gasteiger partial charge in [0.05, 0.1) is 26.4 Å². The number of amides is 2. The minimum atomic E-state index is -0.646. The number of fused-ring (bicyclic) bond motifs is 1. The third-order valence-corrected chi connectivity index (χ3v) is 7.64. The molecule has 9 heteroatoms. The molecule has 234 valence electrons. The lowest BCUT2D eigenvalue weighted by Gasteiger charge is -2.32. The van der Waals surface area contributed by atoms with E-state index in [1.54, 1.807) is 4.90 Å². The van der Waals surface area contributed by atoms with Crippen LogP contribution in [0.3, 0.4) is 0 Å². The fourth-order valence-electron chi connectivity index (χ4n) is 5.13. The van der Waals surface area contributed by atoms with E-state index in [0.717, 1.165) is 46.6 Å². The Kier molecular flexibility index (Phi) is 10.4. The van der Waals surface area contributed by atoms with Crippen molar-refractivity contribution in [1.29, 1.82) is 0 Å². The zero-order valence-electron chi connectivity index (χ0n) is 25.8. The molecule has 0 aliphatic carbocycles. The minimum Gasteiger partial charge on any atom is -0.491 e. The summed E-state index contributed by atoms with van der Waals surface area (Å²) in [4.78, 5) is 26.6. The molecule has 5 rings (SSSR count). The smallest absolute Gasteiger partial charge is 0.410 e. The van der Waals surface area contributed by atoms with Gasteiger partial charge in [-0.15, -0.1) is 0 Å². The number of nitrogens with zero attached hydrogens (tertiary/aromatic N) is 1. The summed E-state index contributed by atoms with van der Waals surface area (Å²) >= 11 is 0. The number of carbonyl (C=O) groups excluding carboxylic acids is 2. The van der Waals surface area contributed by atoms with Gasteiger partial charge in [0.1, 0.15) is 24.2 Å². The van der Waals surface area contributed by atoms with Gasteiger partial charge in [0.2, 0.25) is 5.79 Å². The summed E-state index contributed by atoms with van der Waals surface area (Å²) < 4.78 is 28.9. The number of ether oxygens (including phenoxy) is 5. The maximum atomic E-state index is 12.6. The number of hydrogen-bond donors (Lipinski definition) is 1. The highest BCUT2D eigenvalue weighted by Gasteiger charge is 2.33. The first-order valence-electron chi connectivity index (χ1n) is 15.4. The predicted octanol–water partition coefficient (Wildman–Crippen LogP) is 6.19. The van der Waals surface area contributed by atoms with Crippen LogP contribution in [0.4, 0.5) is 4.79 Å². The van der Waals surface area contributed by atoms with Crippen molar-refractivity contribution in [1.82, 2.24) is 10.2 Å². The molecule has 1 atom stereocenters. The second-order valence-electron chi connectivity index (χ2n) is 11.6. The van der Waals surface area contributed by atoms with Crippen LogP contribution in [-0.4, -0.2) is 55.5 Å². The van der Waals surface area contributed by atoms with Crippen molar-refractivity contribution in [2.45, 2.75) is 65.1 Å². The van der Waals surface area contributed by atoms with E-state index in [9.17, 15) is 9.59 Å². The molecule has 0 radical (unpaired) electrons. The highest BCUT2D eigenvalue weighted by atomic mass is 16.7. The third kappa shape index (κ3) is 8.51. The maximum absolute atomic E-state index is 12.6. The van der Waals surface area contributed by atoms with Crippen molar-refractivity contribution in [3.05, 3.63) is 94.5 Å². The Balaban J connectivity index is 1.01. The summed E-state index contributed by atoms with van der Waals surface area (Å²) in [5, 5.41) is 2.94. The molecule has 44 heavy (non-hydrogen) atoms. The van der Waals surface area contributed by atoms with Crippen LogP contribution in [0, 0.1) is 0 Å². The first-order valence-corrected chi connectivity index (χ1v) is 15.4. The second-order valence-corrected chi connectivity index (χ2v) is 11.6. The van der Waals surface area contributed by atoms with Crippen molar-refractivity contribution in [3.63, 3.8) is 0 Å². The molecule has 0 saturated carbocycles. The number of carbonyl (C=O) groups is 2. The Morgan fingerprint density at radius 3 is 2.70 bits per heavy atom. The fraction of sp³-hybridized carbons (Fsp3) is 0.429. The van der Waals surface area contributed by atoms with Gasteiger partial charge < -0.3 is 33.9 Å². The van der Waals surface area contributed by atoms with Crippen molar-refractivity contribution in [2.24, 2.45) is 0 Å². The second kappa shape index (κ2) is 14.6. The lowest BCUT2D eigenvalue weighted by molar-refractivity contribution is -0.180. The number of hydrogen-bond acceptors (Lipinski definition) is 7. The molecule has 2 amide bonds. The molecule has 2 aliphatic rings. The van der Waals surface area contributed by atoms with E-state index in [0.29, 0.717) is 58.0 Å². The molecule has 2 aliphatic heterocycles.